The van der Waals surface area contributed by atoms with Crippen molar-refractivity contribution < 1.29 is 9.13 Å². The molecule has 2 saturated carbocycles. The van der Waals surface area contributed by atoms with E-state index >= 15 is 0 Å². The summed E-state index contributed by atoms with van der Waals surface area (Å²) in [7, 11) is 0. The molecule has 2 fully saturated rings. The van der Waals surface area contributed by atoms with Gasteiger partial charge >= 0.3 is 0 Å². The summed E-state index contributed by atoms with van der Waals surface area (Å²) in [5.41, 5.74) is -0.904. The fraction of sp³-hybridized carbons (Fsp3) is 0.625. The van der Waals surface area contributed by atoms with Gasteiger partial charge in [-0.25, -0.2) is 4.39 Å². The number of halogens is 2. The molecule has 0 spiro atoms. The average Bonchev–Trinajstić information content (AvgIpc) is 3.13. The van der Waals surface area contributed by atoms with Gasteiger partial charge in [-0.05, 0) is 68.2 Å². The predicted molar refractivity (Wildman–Crippen MR) is 78.1 cm³/mol. The molecule has 3 heteroatoms. The first-order valence-corrected chi connectivity index (χ1v) is 7.97. The molecule has 0 aromatic heterocycles. The highest BCUT2D eigenvalue weighted by Gasteiger charge is 2.52. The zero-order chi connectivity index (χ0) is 13.5. The summed E-state index contributed by atoms with van der Waals surface area (Å²) in [5.74, 6) is 1.80. The summed E-state index contributed by atoms with van der Waals surface area (Å²) < 4.78 is 21.7. The van der Waals surface area contributed by atoms with Gasteiger partial charge in [-0.3, -0.25) is 0 Å². The van der Waals surface area contributed by atoms with Crippen LogP contribution in [0, 0.1) is 11.8 Å². The maximum atomic E-state index is 14.7. The van der Waals surface area contributed by atoms with Crippen molar-refractivity contribution in [2.45, 2.75) is 50.8 Å². The van der Waals surface area contributed by atoms with E-state index < -0.39 is 5.67 Å². The highest BCUT2D eigenvalue weighted by molar-refractivity contribution is 9.10. The maximum Gasteiger partial charge on any atom is 0.119 e. The summed E-state index contributed by atoms with van der Waals surface area (Å²) >= 11 is 3.41. The van der Waals surface area contributed by atoms with E-state index in [9.17, 15) is 4.39 Å². The van der Waals surface area contributed by atoms with Crippen LogP contribution >= 0.6 is 15.9 Å². The quantitative estimate of drug-likeness (QED) is 0.747. The third-order valence-electron chi connectivity index (χ3n) is 4.65. The van der Waals surface area contributed by atoms with Crippen LogP contribution in [0.15, 0.2) is 28.7 Å². The molecule has 2 aliphatic rings. The fourth-order valence-electron chi connectivity index (χ4n) is 3.31. The van der Waals surface area contributed by atoms with Gasteiger partial charge in [0.15, 0.2) is 0 Å². The second-order valence-corrected chi connectivity index (χ2v) is 7.04. The minimum atomic E-state index is -0.904. The third kappa shape index (κ3) is 2.96. The van der Waals surface area contributed by atoms with Crippen molar-refractivity contribution in [3.63, 3.8) is 0 Å². The molecule has 0 saturated heterocycles. The number of alkyl halides is 1. The van der Waals surface area contributed by atoms with Crippen molar-refractivity contribution in [1.82, 2.24) is 0 Å². The van der Waals surface area contributed by atoms with E-state index in [-0.39, 0.29) is 6.10 Å². The summed E-state index contributed by atoms with van der Waals surface area (Å²) in [5, 5.41) is 0. The van der Waals surface area contributed by atoms with Crippen LogP contribution in [0.2, 0.25) is 0 Å². The van der Waals surface area contributed by atoms with E-state index in [2.05, 4.69) is 22.9 Å². The molecule has 2 atom stereocenters. The SMILES string of the molecule is CC1C[C@@H]1C1(F)CCC(Oc2ccc(Br)cc2)CC1. The lowest BCUT2D eigenvalue weighted by molar-refractivity contribution is 0.0257. The van der Waals surface area contributed by atoms with E-state index in [0.29, 0.717) is 24.7 Å². The first-order valence-electron chi connectivity index (χ1n) is 7.18. The topological polar surface area (TPSA) is 9.23 Å². The Morgan fingerprint density at radius 2 is 1.79 bits per heavy atom. The van der Waals surface area contributed by atoms with Gasteiger partial charge in [-0.2, -0.15) is 0 Å². The largest absolute Gasteiger partial charge is 0.490 e. The number of hydrogen-bond acceptors (Lipinski definition) is 1. The van der Waals surface area contributed by atoms with Gasteiger partial charge in [0.2, 0.25) is 0 Å². The van der Waals surface area contributed by atoms with Crippen LogP contribution < -0.4 is 4.74 Å². The fourth-order valence-corrected chi connectivity index (χ4v) is 3.57. The summed E-state index contributed by atoms with van der Waals surface area (Å²) in [6.45, 7) is 2.16. The van der Waals surface area contributed by atoms with Crippen molar-refractivity contribution in [3.8, 4) is 5.75 Å². The second kappa shape index (κ2) is 5.08. The summed E-state index contributed by atoms with van der Waals surface area (Å²) in [4.78, 5) is 0. The molecule has 0 bridgehead atoms. The molecule has 1 unspecified atom stereocenters. The van der Waals surface area contributed by atoms with E-state index in [1.165, 1.54) is 0 Å². The molecule has 3 rings (SSSR count). The van der Waals surface area contributed by atoms with Gasteiger partial charge < -0.3 is 4.74 Å². The number of rotatable bonds is 3. The Hall–Kier alpha value is -0.570. The molecule has 0 aliphatic heterocycles. The molecule has 0 radical (unpaired) electrons. The van der Waals surface area contributed by atoms with Crippen LogP contribution in [-0.2, 0) is 0 Å². The molecule has 0 amide bonds. The molecule has 19 heavy (non-hydrogen) atoms. The first kappa shape index (κ1) is 13.4. The molecule has 2 aliphatic carbocycles. The van der Waals surface area contributed by atoms with E-state index in [4.69, 9.17) is 4.74 Å². The molecule has 1 aromatic carbocycles. The van der Waals surface area contributed by atoms with Crippen molar-refractivity contribution in [2.75, 3.05) is 0 Å². The van der Waals surface area contributed by atoms with Gasteiger partial charge in [0.25, 0.3) is 0 Å². The average molecular weight is 327 g/mol. The van der Waals surface area contributed by atoms with Crippen LogP contribution in [0.4, 0.5) is 4.39 Å². The Morgan fingerprint density at radius 1 is 1.21 bits per heavy atom. The molecular weight excluding hydrogens is 307 g/mol. The molecule has 1 nitrogen and oxygen atoms in total. The lowest BCUT2D eigenvalue weighted by atomic mass is 9.81. The Kier molecular flexibility index (Phi) is 3.59. The normalized spacial score (nSPS) is 37.9. The number of ether oxygens (including phenoxy) is 1. The standard InChI is InChI=1S/C16H20BrFO/c1-11-10-15(11)16(18)8-6-14(7-9-16)19-13-4-2-12(17)3-5-13/h2-5,11,14-15H,6-10H2,1H3/t11?,14?,15-,16?/m0/s1. The highest BCUT2D eigenvalue weighted by Crippen LogP contribution is 2.53. The summed E-state index contributed by atoms with van der Waals surface area (Å²) in [6.07, 6.45) is 4.28. The van der Waals surface area contributed by atoms with Crippen molar-refractivity contribution in [3.05, 3.63) is 28.7 Å². The van der Waals surface area contributed by atoms with Crippen LogP contribution in [0.3, 0.4) is 0 Å². The molecule has 1 aromatic rings. The Balaban J connectivity index is 1.54. The van der Waals surface area contributed by atoms with Crippen molar-refractivity contribution >= 4 is 15.9 Å². The number of benzene rings is 1. The van der Waals surface area contributed by atoms with Gasteiger partial charge in [0, 0.05) is 4.47 Å². The van der Waals surface area contributed by atoms with Crippen molar-refractivity contribution in [1.29, 1.82) is 0 Å². The lowest BCUT2D eigenvalue weighted by Gasteiger charge is -2.34. The van der Waals surface area contributed by atoms with Crippen LogP contribution in [-0.4, -0.2) is 11.8 Å². The van der Waals surface area contributed by atoms with Crippen LogP contribution in [0.5, 0.6) is 5.75 Å². The predicted octanol–water partition coefficient (Wildman–Crippen LogP) is 5.13. The molecule has 0 N–H and O–H groups in total. The smallest absolute Gasteiger partial charge is 0.119 e. The highest BCUT2D eigenvalue weighted by atomic mass is 79.9. The molecule has 104 valence electrons. The minimum absolute atomic E-state index is 0.180. The summed E-state index contributed by atoms with van der Waals surface area (Å²) in [6, 6.07) is 7.88. The number of hydrogen-bond donors (Lipinski definition) is 0. The Morgan fingerprint density at radius 3 is 2.32 bits per heavy atom. The van der Waals surface area contributed by atoms with E-state index in [1.54, 1.807) is 0 Å². The van der Waals surface area contributed by atoms with Gasteiger partial charge in [0.1, 0.15) is 11.4 Å². The van der Waals surface area contributed by atoms with Crippen molar-refractivity contribution in [2.24, 2.45) is 11.8 Å². The minimum Gasteiger partial charge on any atom is -0.490 e. The van der Waals surface area contributed by atoms with E-state index in [1.807, 2.05) is 24.3 Å². The monoisotopic (exact) mass is 326 g/mol. The second-order valence-electron chi connectivity index (χ2n) is 6.13. The maximum absolute atomic E-state index is 14.7. The third-order valence-corrected chi connectivity index (χ3v) is 5.18. The van der Waals surface area contributed by atoms with Gasteiger partial charge in [-0.15, -0.1) is 0 Å². The zero-order valence-corrected chi connectivity index (χ0v) is 12.8. The van der Waals surface area contributed by atoms with Gasteiger partial charge in [-0.1, -0.05) is 22.9 Å². The van der Waals surface area contributed by atoms with Crippen LogP contribution in [0.25, 0.3) is 0 Å². The first-order chi connectivity index (χ1) is 9.07. The Bertz CT molecular complexity index is 437. The molecular formula is C16H20BrFO. The molecule has 0 heterocycles. The Labute approximate surface area is 122 Å². The van der Waals surface area contributed by atoms with E-state index in [0.717, 1.165) is 29.5 Å². The van der Waals surface area contributed by atoms with Gasteiger partial charge in [0.05, 0.1) is 6.10 Å². The lowest BCUT2D eigenvalue weighted by Crippen LogP contribution is -2.36. The zero-order valence-electron chi connectivity index (χ0n) is 11.2. The van der Waals surface area contributed by atoms with Crippen LogP contribution in [0.1, 0.15) is 39.0 Å².